The predicted octanol–water partition coefficient (Wildman–Crippen LogP) is 3.19. The number of carboxylic acid groups (broad SMARTS) is 1. The maximum Gasteiger partial charge on any atom is 0.387 e. The summed E-state index contributed by atoms with van der Waals surface area (Å²) in [4.78, 5) is 24.3. The van der Waals surface area contributed by atoms with Crippen LogP contribution in [0.5, 0.6) is 5.75 Å². The number of aliphatic carboxylic acids is 1. The van der Waals surface area contributed by atoms with Crippen LogP contribution in [0.1, 0.15) is 16.7 Å². The zero-order valence-electron chi connectivity index (χ0n) is 12.7. The first-order valence-corrected chi connectivity index (χ1v) is 7.94. The van der Waals surface area contributed by atoms with Gasteiger partial charge < -0.3 is 9.84 Å². The number of benzene rings is 1. The second-order valence-electron chi connectivity index (χ2n) is 5.02. The van der Waals surface area contributed by atoms with Crippen molar-refractivity contribution in [2.45, 2.75) is 20.5 Å². The largest absolute Gasteiger partial charge is 0.480 e. The van der Waals surface area contributed by atoms with E-state index in [4.69, 9.17) is 17.3 Å². The highest BCUT2D eigenvalue weighted by atomic mass is 32.2. The lowest BCUT2D eigenvalue weighted by Gasteiger charge is -2.12. The molecule has 1 aliphatic rings. The maximum absolute atomic E-state index is 12.4. The van der Waals surface area contributed by atoms with Crippen molar-refractivity contribution in [3.63, 3.8) is 0 Å². The van der Waals surface area contributed by atoms with E-state index < -0.39 is 25.0 Å². The van der Waals surface area contributed by atoms with E-state index in [0.717, 1.165) is 16.7 Å². The summed E-state index contributed by atoms with van der Waals surface area (Å²) in [5, 5.41) is 8.80. The van der Waals surface area contributed by atoms with Gasteiger partial charge in [-0.05, 0) is 48.7 Å². The summed E-state index contributed by atoms with van der Waals surface area (Å²) < 4.78 is 29.4. The van der Waals surface area contributed by atoms with E-state index in [9.17, 15) is 18.4 Å². The van der Waals surface area contributed by atoms with Gasteiger partial charge in [-0.2, -0.15) is 8.78 Å². The molecule has 1 aromatic rings. The minimum Gasteiger partial charge on any atom is -0.480 e. The molecule has 128 valence electrons. The molecule has 0 bridgehead atoms. The van der Waals surface area contributed by atoms with E-state index in [1.807, 2.05) is 0 Å². The first-order chi connectivity index (χ1) is 11.2. The highest BCUT2D eigenvalue weighted by Gasteiger charge is 2.33. The van der Waals surface area contributed by atoms with Crippen LogP contribution in [0.3, 0.4) is 0 Å². The Morgan fingerprint density at radius 2 is 2.00 bits per heavy atom. The number of carboxylic acids is 1. The minimum atomic E-state index is -2.92. The third-order valence-electron chi connectivity index (χ3n) is 3.15. The van der Waals surface area contributed by atoms with Crippen molar-refractivity contribution >= 4 is 46.3 Å². The number of alkyl halides is 2. The van der Waals surface area contributed by atoms with Gasteiger partial charge in [-0.15, -0.1) is 0 Å². The van der Waals surface area contributed by atoms with Crippen LogP contribution < -0.4 is 4.74 Å². The van der Waals surface area contributed by atoms with E-state index in [-0.39, 0.29) is 15.0 Å². The average Bonchev–Trinajstić information content (AvgIpc) is 2.70. The van der Waals surface area contributed by atoms with Gasteiger partial charge in [0.05, 0.1) is 4.91 Å². The van der Waals surface area contributed by atoms with Crippen molar-refractivity contribution in [1.29, 1.82) is 0 Å². The number of rotatable bonds is 5. The molecule has 1 aliphatic heterocycles. The molecule has 1 saturated heterocycles. The Hall–Kier alpha value is -2.00. The smallest absolute Gasteiger partial charge is 0.387 e. The molecule has 5 nitrogen and oxygen atoms in total. The zero-order valence-corrected chi connectivity index (χ0v) is 14.3. The lowest BCUT2D eigenvalue weighted by molar-refractivity contribution is -0.140. The fourth-order valence-electron chi connectivity index (χ4n) is 2.27. The van der Waals surface area contributed by atoms with Crippen molar-refractivity contribution in [3.8, 4) is 5.75 Å². The Morgan fingerprint density at radius 3 is 2.50 bits per heavy atom. The van der Waals surface area contributed by atoms with E-state index in [0.29, 0.717) is 16.7 Å². The Bertz CT molecular complexity index is 726. The SMILES string of the molecule is Cc1cc(/C=C2\SC(=S)N(CC(=O)O)C2=O)cc(C)c1OC(F)F. The Balaban J connectivity index is 2.30. The molecule has 9 heteroatoms. The summed E-state index contributed by atoms with van der Waals surface area (Å²) in [6.45, 7) is -0.170. The van der Waals surface area contributed by atoms with Crippen LogP contribution >= 0.6 is 24.0 Å². The van der Waals surface area contributed by atoms with Gasteiger partial charge in [-0.3, -0.25) is 14.5 Å². The topological polar surface area (TPSA) is 66.8 Å². The molecule has 1 aromatic carbocycles. The quantitative estimate of drug-likeness (QED) is 0.632. The summed E-state index contributed by atoms with van der Waals surface area (Å²) in [6, 6.07) is 3.21. The van der Waals surface area contributed by atoms with Gasteiger partial charge in [-0.1, -0.05) is 24.0 Å². The van der Waals surface area contributed by atoms with Gasteiger partial charge in [0.2, 0.25) is 0 Å². The molecule has 0 radical (unpaired) electrons. The number of thiocarbonyl (C=S) groups is 1. The Labute approximate surface area is 146 Å². The van der Waals surface area contributed by atoms with Crippen LogP contribution in [0, 0.1) is 13.8 Å². The van der Waals surface area contributed by atoms with Gasteiger partial charge in [0.1, 0.15) is 16.6 Å². The number of hydrogen-bond donors (Lipinski definition) is 1. The molecular formula is C15H13F2NO4S2. The molecule has 1 amide bonds. The molecule has 1 fully saturated rings. The van der Waals surface area contributed by atoms with Gasteiger partial charge in [0.15, 0.2) is 0 Å². The summed E-state index contributed by atoms with van der Waals surface area (Å²) in [7, 11) is 0. The fourth-order valence-corrected chi connectivity index (χ4v) is 3.52. The van der Waals surface area contributed by atoms with Crippen molar-refractivity contribution in [2.24, 2.45) is 0 Å². The van der Waals surface area contributed by atoms with Crippen molar-refractivity contribution < 1.29 is 28.2 Å². The summed E-state index contributed by atoms with van der Waals surface area (Å²) >= 11 is 6.01. The third-order valence-corrected chi connectivity index (χ3v) is 4.53. The van der Waals surface area contributed by atoms with E-state index in [1.54, 1.807) is 32.1 Å². The first kappa shape index (κ1) is 18.3. The molecular weight excluding hydrogens is 360 g/mol. The van der Waals surface area contributed by atoms with Gasteiger partial charge in [-0.25, -0.2) is 0 Å². The third kappa shape index (κ3) is 4.09. The van der Waals surface area contributed by atoms with Crippen LogP contribution in [0.4, 0.5) is 8.78 Å². The molecule has 1 heterocycles. The number of halogens is 2. The molecule has 24 heavy (non-hydrogen) atoms. The first-order valence-electron chi connectivity index (χ1n) is 6.72. The van der Waals surface area contributed by atoms with E-state index in [1.165, 1.54) is 0 Å². The monoisotopic (exact) mass is 373 g/mol. The number of carbonyl (C=O) groups excluding carboxylic acids is 1. The molecule has 0 aromatic heterocycles. The van der Waals surface area contributed by atoms with Crippen molar-refractivity contribution in [2.75, 3.05) is 6.54 Å². The van der Waals surface area contributed by atoms with Crippen molar-refractivity contribution in [3.05, 3.63) is 33.7 Å². The average molecular weight is 373 g/mol. The number of nitrogens with zero attached hydrogens (tertiary/aromatic N) is 1. The number of amides is 1. The van der Waals surface area contributed by atoms with Crippen molar-refractivity contribution in [1.82, 2.24) is 4.90 Å². The normalized spacial score (nSPS) is 16.4. The predicted molar refractivity (Wildman–Crippen MR) is 90.1 cm³/mol. The van der Waals surface area contributed by atoms with Crippen LogP contribution in [0.25, 0.3) is 6.08 Å². The Kier molecular flexibility index (Phi) is 5.55. The summed E-state index contributed by atoms with van der Waals surface area (Å²) in [5.41, 5.74) is 1.62. The molecule has 0 spiro atoms. The van der Waals surface area contributed by atoms with Crippen LogP contribution in [0.15, 0.2) is 17.0 Å². The van der Waals surface area contributed by atoms with Crippen LogP contribution in [0.2, 0.25) is 0 Å². The molecule has 0 unspecified atom stereocenters. The molecule has 0 saturated carbocycles. The number of carbonyl (C=O) groups is 2. The second kappa shape index (κ2) is 7.27. The molecule has 1 N–H and O–H groups in total. The van der Waals surface area contributed by atoms with E-state index >= 15 is 0 Å². The summed E-state index contributed by atoms with van der Waals surface area (Å²) in [5.74, 6) is -1.55. The summed E-state index contributed by atoms with van der Waals surface area (Å²) in [6.07, 6.45) is 1.55. The van der Waals surface area contributed by atoms with E-state index in [2.05, 4.69) is 4.74 Å². The highest BCUT2D eigenvalue weighted by Crippen LogP contribution is 2.34. The highest BCUT2D eigenvalue weighted by molar-refractivity contribution is 8.26. The van der Waals surface area contributed by atoms with Gasteiger partial charge >= 0.3 is 12.6 Å². The van der Waals surface area contributed by atoms with Gasteiger partial charge in [0, 0.05) is 0 Å². The van der Waals surface area contributed by atoms with Crippen LogP contribution in [-0.4, -0.2) is 39.4 Å². The fraction of sp³-hybridized carbons (Fsp3) is 0.267. The van der Waals surface area contributed by atoms with Gasteiger partial charge in [0.25, 0.3) is 5.91 Å². The number of hydrogen-bond acceptors (Lipinski definition) is 5. The molecule has 0 atom stereocenters. The number of thioether (sulfide) groups is 1. The molecule has 2 rings (SSSR count). The molecule has 0 aliphatic carbocycles. The maximum atomic E-state index is 12.4. The Morgan fingerprint density at radius 1 is 1.42 bits per heavy atom. The van der Waals surface area contributed by atoms with Crippen LogP contribution in [-0.2, 0) is 9.59 Å². The number of aryl methyl sites for hydroxylation is 2. The minimum absolute atomic E-state index is 0.0978. The second-order valence-corrected chi connectivity index (χ2v) is 6.70. The lowest BCUT2D eigenvalue weighted by atomic mass is 10.1. The number of ether oxygens (including phenoxy) is 1. The zero-order chi connectivity index (χ0) is 18.0. The lowest BCUT2D eigenvalue weighted by Crippen LogP contribution is -2.33. The standard InChI is InChI=1S/C15H13F2NO4S2/c1-7-3-9(4-8(2)12(7)22-14(16)17)5-10-13(21)18(6-11(19)20)15(23)24-10/h3-5,14H,6H2,1-2H3,(H,19,20)/b10-5-.